The van der Waals surface area contributed by atoms with E-state index in [9.17, 15) is 4.39 Å². The molecule has 0 amide bonds. The molecule has 0 aliphatic rings. The maximum absolute atomic E-state index is 13.3. The van der Waals surface area contributed by atoms with Gasteiger partial charge in [-0.3, -0.25) is 0 Å². The van der Waals surface area contributed by atoms with Gasteiger partial charge in [-0.25, -0.2) is 4.39 Å². The molecule has 1 aromatic rings. The Morgan fingerprint density at radius 1 is 1.60 bits per heavy atom. The van der Waals surface area contributed by atoms with E-state index in [0.717, 1.165) is 0 Å². The number of benzene rings is 1. The molecular weight excluding hydrogens is 221 g/mol. The smallest absolute Gasteiger partial charge is 0.149 e. The van der Waals surface area contributed by atoms with E-state index < -0.39 is 11.9 Å². The van der Waals surface area contributed by atoms with Gasteiger partial charge in [0, 0.05) is 12.6 Å². The molecule has 0 radical (unpaired) electrons. The van der Waals surface area contributed by atoms with E-state index in [-0.39, 0.29) is 12.4 Å². The van der Waals surface area contributed by atoms with Crippen LogP contribution in [0.3, 0.4) is 0 Å². The fourth-order valence-electron chi connectivity index (χ4n) is 1.05. The first-order valence-corrected chi connectivity index (χ1v) is 5.02. The molecule has 0 aliphatic carbocycles. The lowest BCUT2D eigenvalue weighted by Gasteiger charge is -2.11. The van der Waals surface area contributed by atoms with Crippen molar-refractivity contribution in [3.05, 3.63) is 24.0 Å². The van der Waals surface area contributed by atoms with Crippen LogP contribution in [0.5, 0.6) is 5.75 Å². The van der Waals surface area contributed by atoms with Crippen molar-refractivity contribution in [3.8, 4) is 5.75 Å². The summed E-state index contributed by atoms with van der Waals surface area (Å²) in [5.74, 6) is 0.150. The van der Waals surface area contributed by atoms with Crippen molar-refractivity contribution >= 4 is 17.3 Å². The van der Waals surface area contributed by atoms with Gasteiger partial charge in [-0.2, -0.15) is 0 Å². The first kappa shape index (κ1) is 12.1. The molecule has 5 heteroatoms. The highest BCUT2D eigenvalue weighted by Crippen LogP contribution is 2.20. The summed E-state index contributed by atoms with van der Waals surface area (Å²) in [5.41, 5.74) is 0.319. The second-order valence-electron chi connectivity index (χ2n) is 3.03. The fourth-order valence-corrected chi connectivity index (χ4v) is 1.16. The number of methoxy groups -OCH3 is 1. The second kappa shape index (κ2) is 5.78. The molecule has 1 atom stereocenters. The first-order valence-electron chi connectivity index (χ1n) is 4.48. The molecule has 0 saturated carbocycles. The van der Waals surface area contributed by atoms with Crippen LogP contribution in [0.2, 0.25) is 0 Å². The third-order valence-corrected chi connectivity index (χ3v) is 2.24. The van der Waals surface area contributed by atoms with Crippen LogP contribution in [-0.4, -0.2) is 30.7 Å². The Balaban J connectivity index is 2.62. The lowest BCUT2D eigenvalue weighted by molar-refractivity contribution is 0.211. The van der Waals surface area contributed by atoms with Gasteiger partial charge in [0.1, 0.15) is 11.6 Å². The Labute approximate surface area is 92.8 Å². The number of hydrogen-bond donors (Lipinski definition) is 2. The highest BCUT2D eigenvalue weighted by Gasteiger charge is 2.06. The number of aliphatic hydroxyl groups excluding tert-OH is 1. The summed E-state index contributed by atoms with van der Waals surface area (Å²) >= 11 is 5.40. The summed E-state index contributed by atoms with van der Waals surface area (Å²) in [6.45, 7) is 0.215. The van der Waals surface area contributed by atoms with E-state index in [1.165, 1.54) is 13.2 Å². The van der Waals surface area contributed by atoms with Gasteiger partial charge >= 0.3 is 0 Å². The summed E-state index contributed by atoms with van der Waals surface area (Å²) in [5, 5.41) is 11.9. The number of ether oxygens (including phenoxy) is 1. The zero-order valence-electron chi connectivity index (χ0n) is 8.34. The van der Waals surface area contributed by atoms with Crippen molar-refractivity contribution in [1.82, 2.24) is 0 Å². The monoisotopic (exact) mass is 233 g/mol. The molecule has 1 aromatic carbocycles. The van der Waals surface area contributed by atoms with Gasteiger partial charge < -0.3 is 15.2 Å². The van der Waals surface area contributed by atoms with E-state index in [1.54, 1.807) is 12.1 Å². The predicted octanol–water partition coefficient (Wildman–Crippen LogP) is 1.85. The van der Waals surface area contributed by atoms with E-state index in [1.807, 2.05) is 0 Å². The molecule has 1 unspecified atom stereocenters. The Hall–Kier alpha value is -1.00. The summed E-state index contributed by atoms with van der Waals surface area (Å²) in [7, 11) is 1.47. The maximum atomic E-state index is 13.3. The van der Waals surface area contributed by atoms with Gasteiger partial charge in [0.2, 0.25) is 0 Å². The van der Waals surface area contributed by atoms with Crippen molar-refractivity contribution in [1.29, 1.82) is 0 Å². The Bertz CT molecular complexity index is 322. The SMILES string of the molecule is COc1ccc(NCC(O)CCl)c(F)c1. The third-order valence-electron chi connectivity index (χ3n) is 1.88. The van der Waals surface area contributed by atoms with Crippen molar-refractivity contribution in [2.75, 3.05) is 24.9 Å². The average Bonchev–Trinajstić information content (AvgIpc) is 2.26. The molecule has 0 spiro atoms. The number of alkyl halides is 1. The number of rotatable bonds is 5. The summed E-state index contributed by atoms with van der Waals surface area (Å²) in [4.78, 5) is 0. The van der Waals surface area contributed by atoms with E-state index in [4.69, 9.17) is 21.4 Å². The van der Waals surface area contributed by atoms with E-state index >= 15 is 0 Å². The number of aliphatic hydroxyl groups is 1. The molecule has 0 aromatic heterocycles. The lowest BCUT2D eigenvalue weighted by atomic mass is 10.2. The van der Waals surface area contributed by atoms with E-state index in [2.05, 4.69) is 5.32 Å². The normalized spacial score (nSPS) is 12.3. The first-order chi connectivity index (χ1) is 7.17. The Morgan fingerprint density at radius 2 is 2.33 bits per heavy atom. The lowest BCUT2D eigenvalue weighted by Crippen LogP contribution is -2.21. The highest BCUT2D eigenvalue weighted by molar-refractivity contribution is 6.18. The summed E-state index contributed by atoms with van der Waals surface area (Å²) < 4.78 is 18.2. The zero-order valence-corrected chi connectivity index (χ0v) is 9.09. The van der Waals surface area contributed by atoms with Crippen LogP contribution >= 0.6 is 11.6 Å². The predicted molar refractivity (Wildman–Crippen MR) is 58.2 cm³/mol. The van der Waals surface area contributed by atoms with Gasteiger partial charge in [-0.15, -0.1) is 11.6 Å². The standard InChI is InChI=1S/C10H13ClFNO2/c1-15-8-2-3-10(9(12)4-8)13-6-7(14)5-11/h2-4,7,13-14H,5-6H2,1H3. The van der Waals surface area contributed by atoms with Gasteiger partial charge in [0.15, 0.2) is 0 Å². The highest BCUT2D eigenvalue weighted by atomic mass is 35.5. The van der Waals surface area contributed by atoms with Crippen molar-refractivity contribution in [2.45, 2.75) is 6.10 Å². The topological polar surface area (TPSA) is 41.5 Å². The molecule has 1 rings (SSSR count). The second-order valence-corrected chi connectivity index (χ2v) is 3.34. The Morgan fingerprint density at radius 3 is 2.87 bits per heavy atom. The quantitative estimate of drug-likeness (QED) is 0.763. The molecule has 3 nitrogen and oxygen atoms in total. The van der Waals surface area contributed by atoms with Gasteiger partial charge in [0.25, 0.3) is 0 Å². The summed E-state index contributed by atoms with van der Waals surface area (Å²) in [6, 6.07) is 4.46. The molecule has 0 fully saturated rings. The van der Waals surface area contributed by atoms with Crippen LogP contribution in [0.1, 0.15) is 0 Å². The number of anilines is 1. The number of halogens is 2. The van der Waals surface area contributed by atoms with E-state index in [0.29, 0.717) is 11.4 Å². The maximum Gasteiger partial charge on any atom is 0.149 e. The van der Waals surface area contributed by atoms with Crippen molar-refractivity contribution in [2.24, 2.45) is 0 Å². The van der Waals surface area contributed by atoms with Gasteiger partial charge in [-0.05, 0) is 12.1 Å². The fraction of sp³-hybridized carbons (Fsp3) is 0.400. The van der Waals surface area contributed by atoms with Crippen LogP contribution in [0.25, 0.3) is 0 Å². The minimum atomic E-state index is -0.687. The number of hydrogen-bond acceptors (Lipinski definition) is 3. The Kier molecular flexibility index (Phi) is 4.65. The average molecular weight is 234 g/mol. The third kappa shape index (κ3) is 3.57. The molecule has 15 heavy (non-hydrogen) atoms. The van der Waals surface area contributed by atoms with Crippen molar-refractivity contribution < 1.29 is 14.2 Å². The van der Waals surface area contributed by atoms with Crippen LogP contribution in [0.4, 0.5) is 10.1 Å². The zero-order chi connectivity index (χ0) is 11.3. The summed E-state index contributed by atoms with van der Waals surface area (Å²) in [6.07, 6.45) is -0.687. The molecule has 84 valence electrons. The van der Waals surface area contributed by atoms with Crippen molar-refractivity contribution in [3.63, 3.8) is 0 Å². The largest absolute Gasteiger partial charge is 0.497 e. The van der Waals surface area contributed by atoms with Crippen LogP contribution in [-0.2, 0) is 0 Å². The minimum Gasteiger partial charge on any atom is -0.497 e. The number of nitrogens with one attached hydrogen (secondary N) is 1. The van der Waals surface area contributed by atoms with Crippen LogP contribution in [0.15, 0.2) is 18.2 Å². The molecule has 0 aliphatic heterocycles. The molecule has 2 N–H and O–H groups in total. The van der Waals surface area contributed by atoms with Gasteiger partial charge in [0.05, 0.1) is 24.8 Å². The minimum absolute atomic E-state index is 0.116. The van der Waals surface area contributed by atoms with Gasteiger partial charge in [-0.1, -0.05) is 0 Å². The van der Waals surface area contributed by atoms with Crippen LogP contribution < -0.4 is 10.1 Å². The molecule has 0 bridgehead atoms. The van der Waals surface area contributed by atoms with Crippen LogP contribution in [0, 0.1) is 5.82 Å². The molecular formula is C10H13ClFNO2. The molecule has 0 saturated heterocycles. The molecule has 0 heterocycles.